The molecule has 0 amide bonds. The first-order valence-corrected chi connectivity index (χ1v) is 11.3. The summed E-state index contributed by atoms with van der Waals surface area (Å²) in [4.78, 5) is 12.4. The van der Waals surface area contributed by atoms with Gasteiger partial charge in [-0.1, -0.05) is 0 Å². The quantitative estimate of drug-likeness (QED) is 0.400. The standard InChI is InChI=1S/C18H21FIN3O5S/c1-10-16(21-13-4-3-11(20)7-12(13)19)14(8-23(2)17(10)26)22-29(27,28)18(5-6-18)15(25)9-24/h3-4,7-8,15,21-22,24-25H,5-6,9H2,1-2H3. The van der Waals surface area contributed by atoms with E-state index in [2.05, 4.69) is 10.0 Å². The van der Waals surface area contributed by atoms with Crippen molar-refractivity contribution in [1.29, 1.82) is 0 Å². The van der Waals surface area contributed by atoms with Gasteiger partial charge in [-0.05, 0) is 60.6 Å². The Hall–Kier alpha value is -1.70. The summed E-state index contributed by atoms with van der Waals surface area (Å²) in [5.41, 5.74) is 0.0554. The Labute approximate surface area is 181 Å². The highest BCUT2D eigenvalue weighted by Crippen LogP contribution is 2.47. The number of benzene rings is 1. The number of rotatable bonds is 7. The fourth-order valence-electron chi connectivity index (χ4n) is 3.17. The van der Waals surface area contributed by atoms with E-state index in [1.807, 2.05) is 22.6 Å². The van der Waals surface area contributed by atoms with E-state index in [0.29, 0.717) is 3.57 Å². The average molecular weight is 537 g/mol. The van der Waals surface area contributed by atoms with Gasteiger partial charge in [0.1, 0.15) is 10.6 Å². The molecule has 1 unspecified atom stereocenters. The van der Waals surface area contributed by atoms with Crippen LogP contribution in [0.4, 0.5) is 21.5 Å². The second kappa shape index (κ2) is 7.85. The van der Waals surface area contributed by atoms with E-state index in [9.17, 15) is 27.8 Å². The number of aryl methyl sites for hydroxylation is 1. The van der Waals surface area contributed by atoms with Crippen molar-refractivity contribution in [2.45, 2.75) is 30.6 Å². The number of aliphatic hydroxyl groups excluding tert-OH is 2. The lowest BCUT2D eigenvalue weighted by molar-refractivity contribution is 0.0854. The van der Waals surface area contributed by atoms with Gasteiger partial charge in [0.15, 0.2) is 0 Å². The van der Waals surface area contributed by atoms with Gasteiger partial charge in [-0.3, -0.25) is 9.52 Å². The molecule has 11 heteroatoms. The van der Waals surface area contributed by atoms with E-state index < -0.39 is 33.3 Å². The van der Waals surface area contributed by atoms with Gasteiger partial charge in [-0.15, -0.1) is 0 Å². The van der Waals surface area contributed by atoms with Crippen molar-refractivity contribution >= 4 is 49.7 Å². The molecule has 2 aromatic rings. The van der Waals surface area contributed by atoms with Crippen molar-refractivity contribution < 1.29 is 23.0 Å². The third-order valence-corrected chi connectivity index (χ3v) is 8.01. The molecule has 4 N–H and O–H groups in total. The Morgan fingerprint density at radius 1 is 1.34 bits per heavy atom. The van der Waals surface area contributed by atoms with Crippen LogP contribution < -0.4 is 15.6 Å². The Morgan fingerprint density at radius 3 is 2.55 bits per heavy atom. The monoisotopic (exact) mass is 537 g/mol. The Kier molecular flexibility index (Phi) is 5.96. The number of hydrogen-bond acceptors (Lipinski definition) is 6. The lowest BCUT2D eigenvalue weighted by Crippen LogP contribution is -2.42. The summed E-state index contributed by atoms with van der Waals surface area (Å²) in [7, 11) is -2.63. The van der Waals surface area contributed by atoms with Crippen molar-refractivity contribution in [2.24, 2.45) is 7.05 Å². The predicted octanol–water partition coefficient (Wildman–Crippen LogP) is 1.81. The van der Waals surface area contributed by atoms with E-state index in [4.69, 9.17) is 0 Å². The third kappa shape index (κ3) is 4.00. The molecule has 0 saturated heterocycles. The van der Waals surface area contributed by atoms with Crippen LogP contribution in [-0.2, 0) is 17.1 Å². The van der Waals surface area contributed by atoms with Crippen LogP contribution >= 0.6 is 22.6 Å². The zero-order valence-corrected chi connectivity index (χ0v) is 18.7. The second-order valence-electron chi connectivity index (χ2n) is 7.08. The van der Waals surface area contributed by atoms with E-state index >= 15 is 0 Å². The SMILES string of the molecule is Cc1c(Nc2ccc(I)cc2F)c(NS(=O)(=O)C2(C(O)CO)CC2)cn(C)c1=O. The molecule has 1 aromatic heterocycles. The maximum atomic E-state index is 14.3. The topological polar surface area (TPSA) is 121 Å². The molecule has 1 heterocycles. The second-order valence-corrected chi connectivity index (χ2v) is 10.3. The number of pyridine rings is 1. The van der Waals surface area contributed by atoms with Crippen LogP contribution in [0.2, 0.25) is 0 Å². The Bertz CT molecular complexity index is 1120. The first kappa shape index (κ1) is 22.0. The fraction of sp³-hybridized carbons (Fsp3) is 0.389. The predicted molar refractivity (Wildman–Crippen MR) is 116 cm³/mol. The summed E-state index contributed by atoms with van der Waals surface area (Å²) in [6, 6.07) is 4.47. The molecule has 1 aliphatic carbocycles. The molecule has 0 radical (unpaired) electrons. The summed E-state index contributed by atoms with van der Waals surface area (Å²) in [6.07, 6.45) is 0.257. The summed E-state index contributed by atoms with van der Waals surface area (Å²) >= 11 is 1.96. The Balaban J connectivity index is 2.06. The molecule has 3 rings (SSSR count). The van der Waals surface area contributed by atoms with Crippen LogP contribution in [0.3, 0.4) is 0 Å². The minimum absolute atomic E-state index is 0.0407. The zero-order valence-electron chi connectivity index (χ0n) is 15.7. The highest BCUT2D eigenvalue weighted by molar-refractivity contribution is 14.1. The van der Waals surface area contributed by atoms with E-state index in [1.165, 1.54) is 36.9 Å². The van der Waals surface area contributed by atoms with Crippen molar-refractivity contribution in [2.75, 3.05) is 16.6 Å². The molecule has 1 aliphatic rings. The van der Waals surface area contributed by atoms with Gasteiger partial charge in [-0.2, -0.15) is 0 Å². The van der Waals surface area contributed by atoms with Crippen molar-refractivity contribution in [3.63, 3.8) is 0 Å². The number of anilines is 3. The number of sulfonamides is 1. The van der Waals surface area contributed by atoms with Crippen LogP contribution in [0, 0.1) is 16.3 Å². The minimum Gasteiger partial charge on any atom is -0.394 e. The van der Waals surface area contributed by atoms with Gasteiger partial charge < -0.3 is 20.1 Å². The smallest absolute Gasteiger partial charge is 0.255 e. The van der Waals surface area contributed by atoms with Crippen LogP contribution in [0.15, 0.2) is 29.2 Å². The molecule has 0 spiro atoms. The number of nitrogens with one attached hydrogen (secondary N) is 2. The van der Waals surface area contributed by atoms with E-state index in [1.54, 1.807) is 6.07 Å². The molecule has 158 valence electrons. The number of halogens is 2. The summed E-state index contributed by atoms with van der Waals surface area (Å²) in [6.45, 7) is 0.814. The lowest BCUT2D eigenvalue weighted by atomic mass is 10.2. The van der Waals surface area contributed by atoms with Gasteiger partial charge in [0, 0.05) is 22.4 Å². The van der Waals surface area contributed by atoms with Gasteiger partial charge in [0.2, 0.25) is 10.0 Å². The lowest BCUT2D eigenvalue weighted by Gasteiger charge is -2.24. The maximum absolute atomic E-state index is 14.3. The summed E-state index contributed by atoms with van der Waals surface area (Å²) in [5.74, 6) is -0.555. The van der Waals surface area contributed by atoms with Crippen LogP contribution in [-0.4, -0.2) is 40.7 Å². The molecule has 1 atom stereocenters. The normalized spacial score (nSPS) is 16.3. The highest BCUT2D eigenvalue weighted by Gasteiger charge is 2.59. The van der Waals surface area contributed by atoms with Crippen LogP contribution in [0.5, 0.6) is 0 Å². The third-order valence-electron chi connectivity index (χ3n) is 5.10. The van der Waals surface area contributed by atoms with Gasteiger partial charge in [0.05, 0.1) is 29.8 Å². The van der Waals surface area contributed by atoms with E-state index in [0.717, 1.165) is 0 Å². The average Bonchev–Trinajstić information content (AvgIpc) is 3.46. The summed E-state index contributed by atoms with van der Waals surface area (Å²) in [5, 5.41) is 22.0. The Morgan fingerprint density at radius 2 is 2.00 bits per heavy atom. The number of aliphatic hydroxyl groups is 2. The van der Waals surface area contributed by atoms with Crippen LogP contribution in [0.1, 0.15) is 18.4 Å². The zero-order chi connectivity index (χ0) is 21.6. The molecule has 1 saturated carbocycles. The number of nitrogens with zero attached hydrogens (tertiary/aromatic N) is 1. The van der Waals surface area contributed by atoms with Gasteiger partial charge >= 0.3 is 0 Å². The first-order valence-electron chi connectivity index (χ1n) is 8.76. The fourth-order valence-corrected chi connectivity index (χ4v) is 5.34. The summed E-state index contributed by atoms with van der Waals surface area (Å²) < 4.78 is 43.0. The molecule has 1 fully saturated rings. The molecule has 1 aromatic carbocycles. The number of aromatic nitrogens is 1. The van der Waals surface area contributed by atoms with Crippen molar-refractivity contribution in [3.8, 4) is 0 Å². The first-order chi connectivity index (χ1) is 13.5. The molecular weight excluding hydrogens is 516 g/mol. The van der Waals surface area contributed by atoms with Crippen molar-refractivity contribution in [1.82, 2.24) is 4.57 Å². The molecule has 0 bridgehead atoms. The molecule has 29 heavy (non-hydrogen) atoms. The molecule has 0 aliphatic heterocycles. The van der Waals surface area contributed by atoms with Gasteiger partial charge in [0.25, 0.3) is 5.56 Å². The maximum Gasteiger partial charge on any atom is 0.255 e. The van der Waals surface area contributed by atoms with E-state index in [-0.39, 0.29) is 41.0 Å². The van der Waals surface area contributed by atoms with Gasteiger partial charge in [-0.25, -0.2) is 12.8 Å². The minimum atomic E-state index is -4.10. The number of hydrogen-bond donors (Lipinski definition) is 4. The molecule has 8 nitrogen and oxygen atoms in total. The van der Waals surface area contributed by atoms with Crippen molar-refractivity contribution in [3.05, 3.63) is 49.7 Å². The highest BCUT2D eigenvalue weighted by atomic mass is 127. The largest absolute Gasteiger partial charge is 0.394 e. The molecular formula is C18H21FIN3O5S. The van der Waals surface area contributed by atoms with Crippen LogP contribution in [0.25, 0.3) is 0 Å².